The maximum Gasteiger partial charge on any atom is 0.255 e. The molecule has 1 saturated heterocycles. The van der Waals surface area contributed by atoms with E-state index in [-0.39, 0.29) is 11.6 Å². The lowest BCUT2D eigenvalue weighted by Crippen LogP contribution is -2.49. The minimum atomic E-state index is -0.871. The van der Waals surface area contributed by atoms with Crippen molar-refractivity contribution in [2.24, 2.45) is 0 Å². The number of aromatic nitrogens is 1. The molecule has 120 valence electrons. The topological polar surface area (TPSA) is 36.4 Å². The number of benzene rings is 1. The molecule has 0 saturated carbocycles. The van der Waals surface area contributed by atoms with E-state index >= 15 is 0 Å². The van der Waals surface area contributed by atoms with Crippen molar-refractivity contribution >= 4 is 23.2 Å². The maximum atomic E-state index is 13.8. The second kappa shape index (κ2) is 6.50. The number of carbonyl (C=O) groups excluding carboxylic acids is 1. The van der Waals surface area contributed by atoms with Crippen molar-refractivity contribution in [1.82, 2.24) is 9.88 Å². The van der Waals surface area contributed by atoms with Gasteiger partial charge in [0.1, 0.15) is 0 Å². The number of carbonyl (C=O) groups is 1. The van der Waals surface area contributed by atoms with Crippen molar-refractivity contribution in [3.05, 3.63) is 58.9 Å². The highest BCUT2D eigenvalue weighted by atomic mass is 35.5. The summed E-state index contributed by atoms with van der Waals surface area (Å²) in [6, 6.07) is 5.67. The number of rotatable bonds is 2. The number of hydrogen-bond donors (Lipinski definition) is 0. The third-order valence-electron chi connectivity index (χ3n) is 3.84. The first kappa shape index (κ1) is 15.7. The molecule has 0 N–H and O–H groups in total. The van der Waals surface area contributed by atoms with Gasteiger partial charge in [0.15, 0.2) is 11.6 Å². The highest BCUT2D eigenvalue weighted by molar-refractivity contribution is 6.33. The number of anilines is 1. The number of halogens is 3. The first-order valence-corrected chi connectivity index (χ1v) is 7.53. The predicted molar refractivity (Wildman–Crippen MR) is 83.7 cm³/mol. The fraction of sp³-hybridized carbons (Fsp3) is 0.250. The number of hydrogen-bond acceptors (Lipinski definition) is 3. The van der Waals surface area contributed by atoms with E-state index in [0.717, 1.165) is 6.07 Å². The number of nitrogens with zero attached hydrogens (tertiary/aromatic N) is 3. The third kappa shape index (κ3) is 3.12. The third-order valence-corrected chi connectivity index (χ3v) is 4.14. The van der Waals surface area contributed by atoms with Crippen LogP contribution in [0.1, 0.15) is 10.4 Å². The molecule has 1 aliphatic rings. The van der Waals surface area contributed by atoms with E-state index < -0.39 is 11.6 Å². The molecule has 0 unspecified atom stereocenters. The Morgan fingerprint density at radius 3 is 2.57 bits per heavy atom. The van der Waals surface area contributed by atoms with Crippen LogP contribution in [0.5, 0.6) is 0 Å². The van der Waals surface area contributed by atoms with Gasteiger partial charge in [0.25, 0.3) is 5.91 Å². The molecule has 1 fully saturated rings. The van der Waals surface area contributed by atoms with E-state index in [1.165, 1.54) is 24.5 Å². The second-order valence-corrected chi connectivity index (χ2v) is 5.61. The van der Waals surface area contributed by atoms with Crippen molar-refractivity contribution in [2.75, 3.05) is 31.1 Å². The molecule has 1 aromatic heterocycles. The van der Waals surface area contributed by atoms with Crippen LogP contribution in [0.3, 0.4) is 0 Å². The lowest BCUT2D eigenvalue weighted by atomic mass is 10.2. The van der Waals surface area contributed by atoms with Crippen LogP contribution >= 0.6 is 11.6 Å². The Bertz CT molecular complexity index is 733. The van der Waals surface area contributed by atoms with Gasteiger partial charge in [-0.2, -0.15) is 0 Å². The minimum Gasteiger partial charge on any atom is -0.366 e. The molecule has 23 heavy (non-hydrogen) atoms. The average molecular weight is 338 g/mol. The standard InChI is InChI=1S/C16H14ClF2N3O/c17-12-10-20-5-4-11(12)16(23)22-8-6-21(7-9-22)14-3-1-2-13(18)15(14)19/h1-5,10H,6-9H2. The zero-order valence-electron chi connectivity index (χ0n) is 12.2. The first-order chi connectivity index (χ1) is 11.1. The Morgan fingerprint density at radius 2 is 1.87 bits per heavy atom. The molecular formula is C16H14ClF2N3O. The van der Waals surface area contributed by atoms with Gasteiger partial charge in [0.05, 0.1) is 16.3 Å². The van der Waals surface area contributed by atoms with Crippen molar-refractivity contribution in [1.29, 1.82) is 0 Å². The van der Waals surface area contributed by atoms with Gasteiger partial charge in [-0.05, 0) is 18.2 Å². The summed E-state index contributed by atoms with van der Waals surface area (Å²) >= 11 is 5.99. The molecule has 0 spiro atoms. The van der Waals surface area contributed by atoms with Crippen molar-refractivity contribution in [3.8, 4) is 0 Å². The van der Waals surface area contributed by atoms with Gasteiger partial charge in [-0.15, -0.1) is 0 Å². The second-order valence-electron chi connectivity index (χ2n) is 5.21. The molecule has 2 aromatic rings. The van der Waals surface area contributed by atoms with Crippen LogP contribution in [0.2, 0.25) is 5.02 Å². The number of piperazine rings is 1. The van der Waals surface area contributed by atoms with Gasteiger partial charge >= 0.3 is 0 Å². The zero-order valence-corrected chi connectivity index (χ0v) is 12.9. The van der Waals surface area contributed by atoms with E-state index in [4.69, 9.17) is 11.6 Å². The first-order valence-electron chi connectivity index (χ1n) is 7.15. The van der Waals surface area contributed by atoms with Crippen LogP contribution in [0.25, 0.3) is 0 Å². The van der Waals surface area contributed by atoms with Gasteiger partial charge in [-0.1, -0.05) is 17.7 Å². The Hall–Kier alpha value is -2.21. The van der Waals surface area contributed by atoms with E-state index in [9.17, 15) is 13.6 Å². The molecule has 1 amide bonds. The Labute approximate surface area is 137 Å². The summed E-state index contributed by atoms with van der Waals surface area (Å²) in [6.45, 7) is 1.67. The molecule has 0 aliphatic carbocycles. The lowest BCUT2D eigenvalue weighted by molar-refractivity contribution is 0.0746. The maximum absolute atomic E-state index is 13.8. The van der Waals surface area contributed by atoms with Crippen molar-refractivity contribution in [2.45, 2.75) is 0 Å². The summed E-state index contributed by atoms with van der Waals surface area (Å²) in [7, 11) is 0. The summed E-state index contributed by atoms with van der Waals surface area (Å²) in [5, 5.41) is 0.302. The van der Waals surface area contributed by atoms with Gasteiger partial charge in [0.2, 0.25) is 0 Å². The summed E-state index contributed by atoms with van der Waals surface area (Å²) in [5.74, 6) is -1.91. The summed E-state index contributed by atoms with van der Waals surface area (Å²) in [4.78, 5) is 19.7. The van der Waals surface area contributed by atoms with Gasteiger partial charge in [-0.25, -0.2) is 8.78 Å². The molecule has 4 nitrogen and oxygen atoms in total. The quantitative estimate of drug-likeness (QED) is 0.845. The summed E-state index contributed by atoms with van der Waals surface area (Å²) < 4.78 is 27.2. The monoisotopic (exact) mass is 337 g/mol. The van der Waals surface area contributed by atoms with Crippen LogP contribution in [-0.2, 0) is 0 Å². The fourth-order valence-corrected chi connectivity index (χ4v) is 2.81. The molecule has 0 bridgehead atoms. The molecule has 2 heterocycles. The minimum absolute atomic E-state index is 0.184. The Morgan fingerprint density at radius 1 is 1.13 bits per heavy atom. The van der Waals surface area contributed by atoms with E-state index in [1.54, 1.807) is 15.9 Å². The van der Waals surface area contributed by atoms with Crippen molar-refractivity contribution < 1.29 is 13.6 Å². The summed E-state index contributed by atoms with van der Waals surface area (Å²) in [5.41, 5.74) is 0.617. The van der Waals surface area contributed by atoms with E-state index in [1.807, 2.05) is 0 Å². The van der Waals surface area contributed by atoms with Crippen LogP contribution in [0.15, 0.2) is 36.7 Å². The normalized spacial score (nSPS) is 14.9. The average Bonchev–Trinajstić information content (AvgIpc) is 2.57. The SMILES string of the molecule is O=C(c1ccncc1Cl)N1CCN(c2cccc(F)c2F)CC1. The van der Waals surface area contributed by atoms with E-state index in [0.29, 0.717) is 36.8 Å². The number of pyridine rings is 1. The zero-order chi connectivity index (χ0) is 16.4. The van der Waals surface area contributed by atoms with Crippen LogP contribution < -0.4 is 4.90 Å². The van der Waals surface area contributed by atoms with Gasteiger partial charge in [0, 0.05) is 38.6 Å². The summed E-state index contributed by atoms with van der Waals surface area (Å²) in [6.07, 6.45) is 2.94. The van der Waals surface area contributed by atoms with Crippen molar-refractivity contribution in [3.63, 3.8) is 0 Å². The molecule has 7 heteroatoms. The fourth-order valence-electron chi connectivity index (χ4n) is 2.61. The molecule has 0 radical (unpaired) electrons. The van der Waals surface area contributed by atoms with Gasteiger partial charge in [-0.3, -0.25) is 9.78 Å². The van der Waals surface area contributed by atoms with Crippen LogP contribution in [-0.4, -0.2) is 42.0 Å². The molecule has 1 aliphatic heterocycles. The predicted octanol–water partition coefficient (Wildman–Crippen LogP) is 2.98. The number of amides is 1. The van der Waals surface area contributed by atoms with Crippen LogP contribution in [0, 0.1) is 11.6 Å². The highest BCUT2D eigenvalue weighted by Gasteiger charge is 2.25. The van der Waals surface area contributed by atoms with Gasteiger partial charge < -0.3 is 9.80 Å². The Balaban J connectivity index is 1.70. The molecule has 1 aromatic carbocycles. The Kier molecular flexibility index (Phi) is 4.43. The smallest absolute Gasteiger partial charge is 0.255 e. The van der Waals surface area contributed by atoms with Crippen LogP contribution in [0.4, 0.5) is 14.5 Å². The van der Waals surface area contributed by atoms with E-state index in [2.05, 4.69) is 4.98 Å². The molecular weight excluding hydrogens is 324 g/mol. The molecule has 3 rings (SSSR count). The lowest BCUT2D eigenvalue weighted by Gasteiger charge is -2.36. The highest BCUT2D eigenvalue weighted by Crippen LogP contribution is 2.23. The largest absolute Gasteiger partial charge is 0.366 e. The molecule has 0 atom stereocenters.